The Morgan fingerprint density at radius 1 is 1.00 bits per heavy atom. The van der Waals surface area contributed by atoms with Crippen molar-refractivity contribution in [1.29, 1.82) is 0 Å². The van der Waals surface area contributed by atoms with Crippen LogP contribution in [0.2, 0.25) is 0 Å². The summed E-state index contributed by atoms with van der Waals surface area (Å²) in [6.07, 6.45) is 12.1. The van der Waals surface area contributed by atoms with Gasteiger partial charge in [0.15, 0.2) is 5.16 Å². The van der Waals surface area contributed by atoms with Crippen LogP contribution in [0.4, 0.5) is 5.82 Å². The number of fused-ring (bicyclic) bond motifs is 3. The van der Waals surface area contributed by atoms with Crippen LogP contribution >= 0.6 is 11.8 Å². The summed E-state index contributed by atoms with van der Waals surface area (Å²) in [5, 5.41) is 6.71. The summed E-state index contributed by atoms with van der Waals surface area (Å²) in [5.41, 5.74) is 4.00. The highest BCUT2D eigenvalue weighted by Gasteiger charge is 2.27. The number of hydrogen-bond donors (Lipinski definition) is 2. The molecule has 0 radical (unpaired) electrons. The zero-order valence-corrected chi connectivity index (χ0v) is 20.1. The fraction of sp³-hybridized carbons (Fsp3) is 0.440. The number of H-pyrrole nitrogens is 1. The molecule has 2 N–H and O–H groups in total. The molecule has 8 nitrogen and oxygen atoms in total. The van der Waals surface area contributed by atoms with Crippen LogP contribution in [0.1, 0.15) is 25.7 Å². The molecular formula is C25H29N7OS. The van der Waals surface area contributed by atoms with E-state index in [0.717, 1.165) is 83.2 Å². The molecule has 1 saturated carbocycles. The molecule has 1 saturated heterocycles. The minimum absolute atomic E-state index is 0.427. The van der Waals surface area contributed by atoms with E-state index >= 15 is 0 Å². The number of aromatic amines is 1. The van der Waals surface area contributed by atoms with Gasteiger partial charge in [-0.3, -0.25) is 4.90 Å². The van der Waals surface area contributed by atoms with Crippen LogP contribution in [0, 0.1) is 0 Å². The minimum Gasteiger partial charge on any atom is -0.379 e. The van der Waals surface area contributed by atoms with Crippen LogP contribution in [0.15, 0.2) is 42.1 Å². The predicted octanol–water partition coefficient (Wildman–Crippen LogP) is 4.35. The van der Waals surface area contributed by atoms with Crippen LogP contribution in [-0.4, -0.2) is 74.5 Å². The second kappa shape index (κ2) is 9.48. The number of thioether (sulfide) groups is 1. The third-order valence-corrected chi connectivity index (χ3v) is 7.71. The van der Waals surface area contributed by atoms with E-state index in [4.69, 9.17) is 4.74 Å². The molecule has 4 aromatic rings. The van der Waals surface area contributed by atoms with Crippen molar-refractivity contribution >= 4 is 39.5 Å². The molecule has 6 rings (SSSR count). The van der Waals surface area contributed by atoms with E-state index in [-0.39, 0.29) is 0 Å². The molecular weight excluding hydrogens is 446 g/mol. The van der Waals surface area contributed by atoms with Crippen molar-refractivity contribution in [3.05, 3.63) is 36.9 Å². The molecule has 2 fully saturated rings. The van der Waals surface area contributed by atoms with E-state index in [0.29, 0.717) is 12.1 Å². The molecule has 176 valence electrons. The normalized spacial score (nSPS) is 21.8. The molecule has 0 atom stereocenters. The molecule has 34 heavy (non-hydrogen) atoms. The molecule has 1 aromatic carbocycles. The number of rotatable bonds is 5. The van der Waals surface area contributed by atoms with Gasteiger partial charge in [-0.05, 0) is 49.6 Å². The first-order chi connectivity index (χ1) is 16.8. The van der Waals surface area contributed by atoms with Gasteiger partial charge < -0.3 is 15.0 Å². The fourth-order valence-electron chi connectivity index (χ4n) is 5.30. The molecule has 0 spiro atoms. The number of ether oxygens (including phenoxy) is 1. The molecule has 0 bridgehead atoms. The summed E-state index contributed by atoms with van der Waals surface area (Å²) < 4.78 is 5.53. The van der Waals surface area contributed by atoms with Crippen molar-refractivity contribution in [2.24, 2.45) is 0 Å². The Balaban J connectivity index is 1.26. The molecule has 1 aliphatic carbocycles. The SMILES string of the molecule is CSc1ncc(-c2ccc3[nH]c4ncnc(NC5CCC(N6CCOCC6)CC5)c4c3c2)cn1. The molecule has 4 heterocycles. The molecule has 2 aliphatic rings. The van der Waals surface area contributed by atoms with E-state index in [1.165, 1.54) is 12.8 Å². The fourth-order valence-corrected chi connectivity index (χ4v) is 5.62. The number of benzene rings is 1. The highest BCUT2D eigenvalue weighted by molar-refractivity contribution is 7.98. The number of anilines is 1. The van der Waals surface area contributed by atoms with Crippen LogP contribution in [-0.2, 0) is 4.74 Å². The zero-order valence-electron chi connectivity index (χ0n) is 19.3. The number of morpholine rings is 1. The Kier molecular flexibility index (Phi) is 6.07. The maximum Gasteiger partial charge on any atom is 0.187 e. The van der Waals surface area contributed by atoms with Gasteiger partial charge in [-0.25, -0.2) is 19.9 Å². The second-order valence-corrected chi connectivity index (χ2v) is 9.86. The standard InChI is InChI=1S/C25H29N7OS/c1-34-25-26-13-17(14-27-25)16-2-7-21-20(12-16)22-23(28-15-29-24(22)31-21)30-18-3-5-19(6-4-18)32-8-10-33-11-9-32/h2,7,12-15,18-19H,3-6,8-11H2,1H3,(H2,28,29,30,31). The number of nitrogens with one attached hydrogen (secondary N) is 2. The summed E-state index contributed by atoms with van der Waals surface area (Å²) in [4.78, 5) is 24.1. The largest absolute Gasteiger partial charge is 0.379 e. The van der Waals surface area contributed by atoms with Gasteiger partial charge in [0.1, 0.15) is 17.8 Å². The van der Waals surface area contributed by atoms with Gasteiger partial charge in [0.05, 0.1) is 18.6 Å². The van der Waals surface area contributed by atoms with Gasteiger partial charge in [-0.1, -0.05) is 17.8 Å². The topological polar surface area (TPSA) is 91.8 Å². The van der Waals surface area contributed by atoms with Gasteiger partial charge in [-0.15, -0.1) is 0 Å². The molecule has 3 aromatic heterocycles. The lowest BCUT2D eigenvalue weighted by Crippen LogP contribution is -2.46. The smallest absolute Gasteiger partial charge is 0.187 e. The lowest BCUT2D eigenvalue weighted by molar-refractivity contribution is 0.00791. The lowest BCUT2D eigenvalue weighted by atomic mass is 9.90. The second-order valence-electron chi connectivity index (χ2n) is 9.09. The van der Waals surface area contributed by atoms with Crippen molar-refractivity contribution in [3.8, 4) is 11.1 Å². The Labute approximate surface area is 202 Å². The van der Waals surface area contributed by atoms with Gasteiger partial charge in [0, 0.05) is 54.0 Å². The van der Waals surface area contributed by atoms with Crippen LogP contribution in [0.5, 0.6) is 0 Å². The monoisotopic (exact) mass is 475 g/mol. The molecule has 0 amide bonds. The third kappa shape index (κ3) is 4.23. The molecule has 0 unspecified atom stereocenters. The lowest BCUT2D eigenvalue weighted by Gasteiger charge is -2.39. The van der Waals surface area contributed by atoms with Crippen LogP contribution in [0.3, 0.4) is 0 Å². The third-order valence-electron chi connectivity index (χ3n) is 7.13. The van der Waals surface area contributed by atoms with E-state index < -0.39 is 0 Å². The summed E-state index contributed by atoms with van der Waals surface area (Å²) >= 11 is 1.54. The summed E-state index contributed by atoms with van der Waals surface area (Å²) in [6.45, 7) is 3.87. The number of aromatic nitrogens is 5. The summed E-state index contributed by atoms with van der Waals surface area (Å²) in [7, 11) is 0. The van der Waals surface area contributed by atoms with E-state index in [2.05, 4.69) is 53.3 Å². The quantitative estimate of drug-likeness (QED) is 0.325. The van der Waals surface area contributed by atoms with Crippen molar-refractivity contribution in [2.45, 2.75) is 42.9 Å². The highest BCUT2D eigenvalue weighted by atomic mass is 32.2. The molecule has 9 heteroatoms. The Bertz CT molecular complexity index is 1280. The van der Waals surface area contributed by atoms with Crippen molar-refractivity contribution < 1.29 is 4.74 Å². The average molecular weight is 476 g/mol. The van der Waals surface area contributed by atoms with Crippen molar-refractivity contribution in [2.75, 3.05) is 37.9 Å². The average Bonchev–Trinajstić information content (AvgIpc) is 3.28. The van der Waals surface area contributed by atoms with Gasteiger partial charge in [0.25, 0.3) is 0 Å². The minimum atomic E-state index is 0.427. The van der Waals surface area contributed by atoms with E-state index in [9.17, 15) is 0 Å². The summed E-state index contributed by atoms with van der Waals surface area (Å²) in [5.74, 6) is 0.914. The maximum absolute atomic E-state index is 5.53. The van der Waals surface area contributed by atoms with Crippen LogP contribution in [0.25, 0.3) is 33.1 Å². The van der Waals surface area contributed by atoms with Crippen molar-refractivity contribution in [1.82, 2.24) is 29.8 Å². The Morgan fingerprint density at radius 3 is 2.56 bits per heavy atom. The summed E-state index contributed by atoms with van der Waals surface area (Å²) in [6, 6.07) is 7.50. The Morgan fingerprint density at radius 2 is 1.79 bits per heavy atom. The maximum atomic E-state index is 5.53. The first kappa shape index (κ1) is 21.8. The van der Waals surface area contributed by atoms with E-state index in [1.54, 1.807) is 18.1 Å². The Hall–Kier alpha value is -2.75. The number of nitrogens with zero attached hydrogens (tertiary/aromatic N) is 5. The van der Waals surface area contributed by atoms with Gasteiger partial charge >= 0.3 is 0 Å². The predicted molar refractivity (Wildman–Crippen MR) is 136 cm³/mol. The van der Waals surface area contributed by atoms with Crippen molar-refractivity contribution in [3.63, 3.8) is 0 Å². The van der Waals surface area contributed by atoms with Crippen LogP contribution < -0.4 is 5.32 Å². The highest BCUT2D eigenvalue weighted by Crippen LogP contribution is 2.34. The van der Waals surface area contributed by atoms with Gasteiger partial charge in [0.2, 0.25) is 0 Å². The zero-order chi connectivity index (χ0) is 22.9. The number of hydrogen-bond acceptors (Lipinski definition) is 8. The van der Waals surface area contributed by atoms with E-state index in [1.807, 2.05) is 18.6 Å². The first-order valence-electron chi connectivity index (χ1n) is 12.0. The molecule has 1 aliphatic heterocycles. The first-order valence-corrected chi connectivity index (χ1v) is 13.2. The van der Waals surface area contributed by atoms with Gasteiger partial charge in [-0.2, -0.15) is 0 Å².